The SMILES string of the molecule is CC1CC2(C1)CC(C=O)CCO2. The molecule has 2 aliphatic rings. The van der Waals surface area contributed by atoms with Crippen LogP contribution in [0.15, 0.2) is 0 Å². The number of carbonyl (C=O) groups is 1. The highest BCUT2D eigenvalue weighted by Crippen LogP contribution is 2.47. The van der Waals surface area contributed by atoms with Crippen LogP contribution in [0.1, 0.15) is 32.6 Å². The van der Waals surface area contributed by atoms with E-state index in [0.717, 1.165) is 44.5 Å². The van der Waals surface area contributed by atoms with Gasteiger partial charge in [0.15, 0.2) is 0 Å². The van der Waals surface area contributed by atoms with Crippen LogP contribution in [0, 0.1) is 11.8 Å². The van der Waals surface area contributed by atoms with Gasteiger partial charge < -0.3 is 9.53 Å². The first-order valence-electron chi connectivity index (χ1n) is 4.83. The first-order chi connectivity index (χ1) is 5.74. The van der Waals surface area contributed by atoms with Crippen LogP contribution in [0.25, 0.3) is 0 Å². The van der Waals surface area contributed by atoms with Gasteiger partial charge in [-0.25, -0.2) is 0 Å². The molecule has 12 heavy (non-hydrogen) atoms. The molecule has 0 radical (unpaired) electrons. The third kappa shape index (κ3) is 1.28. The number of ether oxygens (including phenoxy) is 1. The van der Waals surface area contributed by atoms with Gasteiger partial charge in [0.1, 0.15) is 6.29 Å². The molecule has 2 fully saturated rings. The lowest BCUT2D eigenvalue weighted by molar-refractivity contribution is -0.165. The number of rotatable bonds is 1. The van der Waals surface area contributed by atoms with Gasteiger partial charge in [-0.1, -0.05) is 6.92 Å². The van der Waals surface area contributed by atoms with Crippen molar-refractivity contribution in [1.29, 1.82) is 0 Å². The molecule has 2 heteroatoms. The minimum Gasteiger partial charge on any atom is -0.375 e. The van der Waals surface area contributed by atoms with E-state index >= 15 is 0 Å². The van der Waals surface area contributed by atoms with Crippen molar-refractivity contribution in [3.8, 4) is 0 Å². The van der Waals surface area contributed by atoms with Crippen molar-refractivity contribution in [3.63, 3.8) is 0 Å². The highest BCUT2D eigenvalue weighted by atomic mass is 16.5. The molecule has 1 unspecified atom stereocenters. The third-order valence-corrected chi connectivity index (χ3v) is 3.16. The van der Waals surface area contributed by atoms with E-state index in [2.05, 4.69) is 6.92 Å². The molecular formula is C10H16O2. The molecule has 0 aromatic rings. The minimum atomic E-state index is 0.114. The van der Waals surface area contributed by atoms with Crippen molar-refractivity contribution in [2.24, 2.45) is 11.8 Å². The Bertz CT molecular complexity index is 177. The zero-order valence-electron chi connectivity index (χ0n) is 7.58. The number of hydrogen-bond acceptors (Lipinski definition) is 2. The molecule has 0 aromatic carbocycles. The highest BCUT2D eigenvalue weighted by molar-refractivity contribution is 5.54. The van der Waals surface area contributed by atoms with Gasteiger partial charge in [0, 0.05) is 12.5 Å². The van der Waals surface area contributed by atoms with Crippen LogP contribution in [0.4, 0.5) is 0 Å². The van der Waals surface area contributed by atoms with E-state index in [1.807, 2.05) is 0 Å². The number of aldehydes is 1. The summed E-state index contributed by atoms with van der Waals surface area (Å²) in [6, 6.07) is 0. The zero-order valence-corrected chi connectivity index (χ0v) is 7.58. The molecule has 0 amide bonds. The van der Waals surface area contributed by atoms with E-state index in [-0.39, 0.29) is 11.5 Å². The molecule has 1 aliphatic heterocycles. The summed E-state index contributed by atoms with van der Waals surface area (Å²) in [4.78, 5) is 10.6. The molecule has 1 spiro atoms. The van der Waals surface area contributed by atoms with E-state index in [9.17, 15) is 4.79 Å². The van der Waals surface area contributed by atoms with Crippen molar-refractivity contribution < 1.29 is 9.53 Å². The number of hydrogen-bond donors (Lipinski definition) is 0. The summed E-state index contributed by atoms with van der Waals surface area (Å²) in [5.41, 5.74) is 0.114. The van der Waals surface area contributed by atoms with Gasteiger partial charge in [-0.05, 0) is 31.6 Å². The third-order valence-electron chi connectivity index (χ3n) is 3.16. The quantitative estimate of drug-likeness (QED) is 0.558. The number of carbonyl (C=O) groups excluding carboxylic acids is 1. The van der Waals surface area contributed by atoms with Crippen LogP contribution in [-0.2, 0) is 9.53 Å². The topological polar surface area (TPSA) is 26.3 Å². The van der Waals surface area contributed by atoms with Crippen LogP contribution < -0.4 is 0 Å². The Morgan fingerprint density at radius 3 is 2.75 bits per heavy atom. The van der Waals surface area contributed by atoms with Crippen LogP contribution >= 0.6 is 0 Å². The predicted octanol–water partition coefficient (Wildman–Crippen LogP) is 1.78. The summed E-state index contributed by atoms with van der Waals surface area (Å²) in [6.07, 6.45) is 5.34. The molecule has 1 saturated heterocycles. The first kappa shape index (κ1) is 8.24. The Morgan fingerprint density at radius 2 is 2.17 bits per heavy atom. The highest BCUT2D eigenvalue weighted by Gasteiger charge is 2.46. The van der Waals surface area contributed by atoms with E-state index in [1.54, 1.807) is 0 Å². The predicted molar refractivity (Wildman–Crippen MR) is 45.9 cm³/mol. The molecule has 1 heterocycles. The van der Waals surface area contributed by atoms with Crippen molar-refractivity contribution >= 4 is 6.29 Å². The second-order valence-corrected chi connectivity index (χ2v) is 4.43. The summed E-state index contributed by atoms with van der Waals surface area (Å²) >= 11 is 0. The Hall–Kier alpha value is -0.370. The fourth-order valence-corrected chi connectivity index (χ4v) is 2.68. The molecule has 2 rings (SSSR count). The summed E-state index contributed by atoms with van der Waals surface area (Å²) in [5.74, 6) is 1.07. The smallest absolute Gasteiger partial charge is 0.123 e. The lowest BCUT2D eigenvalue weighted by Crippen LogP contribution is -2.49. The Morgan fingerprint density at radius 1 is 1.42 bits per heavy atom. The van der Waals surface area contributed by atoms with Gasteiger partial charge in [-0.2, -0.15) is 0 Å². The van der Waals surface area contributed by atoms with Gasteiger partial charge in [-0.15, -0.1) is 0 Å². The van der Waals surface area contributed by atoms with Gasteiger partial charge >= 0.3 is 0 Å². The Kier molecular flexibility index (Phi) is 1.95. The van der Waals surface area contributed by atoms with Crippen LogP contribution in [0.3, 0.4) is 0 Å². The molecule has 2 nitrogen and oxygen atoms in total. The molecular weight excluding hydrogens is 152 g/mol. The van der Waals surface area contributed by atoms with Crippen LogP contribution in [0.2, 0.25) is 0 Å². The molecule has 1 saturated carbocycles. The minimum absolute atomic E-state index is 0.114. The van der Waals surface area contributed by atoms with E-state index < -0.39 is 0 Å². The van der Waals surface area contributed by atoms with Crippen LogP contribution in [0.5, 0.6) is 0 Å². The summed E-state index contributed by atoms with van der Waals surface area (Å²) in [7, 11) is 0. The monoisotopic (exact) mass is 168 g/mol. The first-order valence-corrected chi connectivity index (χ1v) is 4.83. The maximum atomic E-state index is 10.6. The zero-order chi connectivity index (χ0) is 8.60. The lowest BCUT2D eigenvalue weighted by Gasteiger charge is -2.49. The van der Waals surface area contributed by atoms with Gasteiger partial charge in [0.05, 0.1) is 5.60 Å². The standard InChI is InChI=1S/C10H16O2/c1-8-4-10(5-8)6-9(7-11)2-3-12-10/h7-9H,2-6H2,1H3. The van der Waals surface area contributed by atoms with Gasteiger partial charge in [0.25, 0.3) is 0 Å². The second kappa shape index (κ2) is 2.84. The van der Waals surface area contributed by atoms with E-state index in [1.165, 1.54) is 0 Å². The van der Waals surface area contributed by atoms with Crippen molar-refractivity contribution in [2.45, 2.75) is 38.2 Å². The van der Waals surface area contributed by atoms with Gasteiger partial charge in [-0.3, -0.25) is 0 Å². The molecule has 1 atom stereocenters. The van der Waals surface area contributed by atoms with Gasteiger partial charge in [0.2, 0.25) is 0 Å². The normalized spacial score (nSPS) is 47.1. The fraction of sp³-hybridized carbons (Fsp3) is 0.900. The summed E-state index contributed by atoms with van der Waals surface area (Å²) in [6.45, 7) is 3.04. The molecule has 0 N–H and O–H groups in total. The van der Waals surface area contributed by atoms with E-state index in [0.29, 0.717) is 0 Å². The Labute approximate surface area is 73.3 Å². The lowest BCUT2D eigenvalue weighted by atomic mass is 9.66. The fourth-order valence-electron chi connectivity index (χ4n) is 2.68. The van der Waals surface area contributed by atoms with Crippen LogP contribution in [-0.4, -0.2) is 18.5 Å². The average Bonchev–Trinajstić information content (AvgIpc) is 2.02. The maximum Gasteiger partial charge on any atom is 0.123 e. The van der Waals surface area contributed by atoms with Crippen molar-refractivity contribution in [3.05, 3.63) is 0 Å². The summed E-state index contributed by atoms with van der Waals surface area (Å²) in [5, 5.41) is 0. The van der Waals surface area contributed by atoms with Crippen molar-refractivity contribution in [1.82, 2.24) is 0 Å². The molecule has 0 aromatic heterocycles. The largest absolute Gasteiger partial charge is 0.375 e. The Balaban J connectivity index is 1.95. The van der Waals surface area contributed by atoms with Crippen molar-refractivity contribution in [2.75, 3.05) is 6.61 Å². The maximum absolute atomic E-state index is 10.6. The molecule has 68 valence electrons. The molecule has 1 aliphatic carbocycles. The second-order valence-electron chi connectivity index (χ2n) is 4.43. The average molecular weight is 168 g/mol. The van der Waals surface area contributed by atoms with E-state index in [4.69, 9.17) is 4.74 Å². The summed E-state index contributed by atoms with van der Waals surface area (Å²) < 4.78 is 5.74. The molecule has 0 bridgehead atoms.